The van der Waals surface area contributed by atoms with E-state index in [4.69, 9.17) is 19.3 Å². The van der Waals surface area contributed by atoms with Gasteiger partial charge in [0.15, 0.2) is 17.8 Å². The second-order valence-corrected chi connectivity index (χ2v) is 10.4. The van der Waals surface area contributed by atoms with Crippen LogP contribution >= 0.6 is 11.8 Å². The maximum Gasteiger partial charge on any atom is 0.231 e. The number of primary amides is 1. The van der Waals surface area contributed by atoms with Gasteiger partial charge in [-0.05, 0) is 53.4 Å². The zero-order chi connectivity index (χ0) is 27.1. The quantitative estimate of drug-likeness (QED) is 0.475. The molecule has 3 aliphatic heterocycles. The predicted molar refractivity (Wildman–Crippen MR) is 149 cm³/mol. The van der Waals surface area contributed by atoms with Crippen molar-refractivity contribution in [3.63, 3.8) is 0 Å². The second kappa shape index (κ2) is 12.6. The van der Waals surface area contributed by atoms with E-state index in [1.165, 1.54) is 39.6 Å². The molecular formula is C29H30FN3O4S. The third-order valence-corrected chi connectivity index (χ3v) is 7.60. The van der Waals surface area contributed by atoms with Gasteiger partial charge in [-0.3, -0.25) is 14.6 Å². The van der Waals surface area contributed by atoms with Crippen molar-refractivity contribution >= 4 is 35.2 Å². The molecule has 1 amide bonds. The van der Waals surface area contributed by atoms with Crippen LogP contribution in [0.5, 0.6) is 11.5 Å². The molecule has 0 spiro atoms. The number of anilines is 1. The Morgan fingerprint density at radius 3 is 2.61 bits per heavy atom. The summed E-state index contributed by atoms with van der Waals surface area (Å²) in [7, 11) is 2.17. The fourth-order valence-corrected chi connectivity index (χ4v) is 5.77. The highest BCUT2D eigenvalue weighted by molar-refractivity contribution is 8.14. The number of hydrogen-bond donors (Lipinski definition) is 1. The van der Waals surface area contributed by atoms with Crippen LogP contribution in [0.1, 0.15) is 40.0 Å². The molecular weight excluding hydrogens is 505 g/mol. The van der Waals surface area contributed by atoms with Crippen LogP contribution in [0.25, 0.3) is 0 Å². The van der Waals surface area contributed by atoms with E-state index in [1.807, 2.05) is 17.8 Å². The average Bonchev–Trinajstić information content (AvgIpc) is 3.63. The highest BCUT2D eigenvalue weighted by Gasteiger charge is 2.29. The van der Waals surface area contributed by atoms with Crippen molar-refractivity contribution < 1.29 is 23.5 Å². The smallest absolute Gasteiger partial charge is 0.231 e. The summed E-state index contributed by atoms with van der Waals surface area (Å²) in [4.78, 5) is 26.0. The summed E-state index contributed by atoms with van der Waals surface area (Å²) in [5.41, 5.74) is 9.68. The number of amides is 1. The van der Waals surface area contributed by atoms with Crippen LogP contribution in [0.2, 0.25) is 0 Å². The number of fused-ring (bicyclic) bond motifs is 2. The van der Waals surface area contributed by atoms with Gasteiger partial charge in [-0.15, -0.1) is 11.8 Å². The number of likely N-dealkylation sites (N-methyl/N-ethyl adjacent to an activating group) is 1. The molecule has 2 N–H and O–H groups in total. The van der Waals surface area contributed by atoms with E-state index in [1.54, 1.807) is 12.1 Å². The van der Waals surface area contributed by atoms with Gasteiger partial charge in [0.2, 0.25) is 13.2 Å². The molecule has 3 aromatic carbocycles. The number of aliphatic imine (C=N–C) groups is 1. The summed E-state index contributed by atoms with van der Waals surface area (Å²) < 4.78 is 23.3. The molecule has 3 aliphatic rings. The molecule has 0 aromatic heterocycles. The Hall–Kier alpha value is -3.85. The highest BCUT2D eigenvalue weighted by Crippen LogP contribution is 2.41. The van der Waals surface area contributed by atoms with Gasteiger partial charge in [-0.1, -0.05) is 37.3 Å². The van der Waals surface area contributed by atoms with E-state index < -0.39 is 5.82 Å². The van der Waals surface area contributed by atoms with E-state index in [0.717, 1.165) is 30.9 Å². The molecule has 3 heterocycles. The van der Waals surface area contributed by atoms with Gasteiger partial charge in [-0.25, -0.2) is 4.39 Å². The highest BCUT2D eigenvalue weighted by atomic mass is 32.2. The minimum atomic E-state index is -0.465. The maximum absolute atomic E-state index is 12.4. The SMILES string of the molecule is CC1SC(Cc2ccc3c(c2)OCO3)=NC1c1ccc2c(c1)CCN2C.NC=O.O=Cc1ccccc1F. The normalized spacial score (nSPS) is 18.4. The first-order chi connectivity index (χ1) is 18.4. The number of nitrogens with two attached hydrogens (primary N) is 1. The van der Waals surface area contributed by atoms with Crippen LogP contribution < -0.4 is 20.1 Å². The monoisotopic (exact) mass is 535 g/mol. The van der Waals surface area contributed by atoms with E-state index in [0.29, 0.717) is 18.3 Å². The molecule has 2 unspecified atom stereocenters. The van der Waals surface area contributed by atoms with Gasteiger partial charge in [0.1, 0.15) is 5.82 Å². The zero-order valence-electron chi connectivity index (χ0n) is 21.3. The number of rotatable bonds is 4. The van der Waals surface area contributed by atoms with E-state index in [9.17, 15) is 9.18 Å². The number of benzene rings is 3. The van der Waals surface area contributed by atoms with Crippen molar-refractivity contribution in [2.75, 3.05) is 25.3 Å². The summed E-state index contributed by atoms with van der Waals surface area (Å²) in [6, 6.07) is 19.2. The Morgan fingerprint density at radius 2 is 1.87 bits per heavy atom. The molecule has 0 bridgehead atoms. The molecule has 2 atom stereocenters. The van der Waals surface area contributed by atoms with Crippen LogP contribution in [-0.2, 0) is 17.6 Å². The van der Waals surface area contributed by atoms with E-state index in [-0.39, 0.29) is 18.0 Å². The van der Waals surface area contributed by atoms with Gasteiger partial charge < -0.3 is 20.1 Å². The van der Waals surface area contributed by atoms with Crippen molar-refractivity contribution in [1.29, 1.82) is 0 Å². The van der Waals surface area contributed by atoms with Crippen LogP contribution in [0, 0.1) is 5.82 Å². The Bertz CT molecular complexity index is 1330. The van der Waals surface area contributed by atoms with Gasteiger partial charge >= 0.3 is 0 Å². The maximum atomic E-state index is 12.4. The molecule has 9 heteroatoms. The largest absolute Gasteiger partial charge is 0.454 e. The molecule has 3 aromatic rings. The zero-order valence-corrected chi connectivity index (χ0v) is 22.1. The molecule has 0 aliphatic carbocycles. The van der Waals surface area contributed by atoms with Gasteiger partial charge in [0.25, 0.3) is 0 Å². The van der Waals surface area contributed by atoms with Crippen LogP contribution in [0.3, 0.4) is 0 Å². The fourth-order valence-electron chi connectivity index (χ4n) is 4.57. The minimum absolute atomic E-state index is 0.109. The average molecular weight is 536 g/mol. The molecule has 6 rings (SSSR count). The lowest BCUT2D eigenvalue weighted by atomic mass is 10.0. The van der Waals surface area contributed by atoms with Gasteiger partial charge in [0.05, 0.1) is 16.6 Å². The molecule has 7 nitrogen and oxygen atoms in total. The number of nitrogens with zero attached hydrogens (tertiary/aromatic N) is 2. The standard InChI is InChI=1S/C21H22N2O2S.C7H5FO.CH3NO/c1-13-21(16-4-5-17-15(11-16)7-8-23(17)2)22-20(26-13)10-14-3-6-18-19(9-14)25-12-24-18;8-7-4-2-1-3-6(7)5-9;2-1-3/h3-6,9,11,13,21H,7-8,10,12H2,1-2H3;1-5H;1H,(H2,2,3). The number of ether oxygens (including phenoxy) is 2. The minimum Gasteiger partial charge on any atom is -0.454 e. The number of aldehydes is 1. The molecule has 0 fully saturated rings. The molecule has 198 valence electrons. The molecule has 0 saturated heterocycles. The number of carbonyl (C=O) groups is 2. The lowest BCUT2D eigenvalue weighted by Gasteiger charge is -2.16. The van der Waals surface area contributed by atoms with E-state index in [2.05, 4.69) is 54.9 Å². The Morgan fingerprint density at radius 1 is 1.11 bits per heavy atom. The van der Waals surface area contributed by atoms with Crippen molar-refractivity contribution in [3.05, 3.63) is 88.7 Å². The van der Waals surface area contributed by atoms with Crippen LogP contribution in [0.15, 0.2) is 65.7 Å². The van der Waals surface area contributed by atoms with Crippen molar-refractivity contribution in [2.24, 2.45) is 10.7 Å². The third kappa shape index (κ3) is 6.34. The van der Waals surface area contributed by atoms with Gasteiger partial charge in [-0.2, -0.15) is 0 Å². The molecule has 38 heavy (non-hydrogen) atoms. The van der Waals surface area contributed by atoms with Crippen LogP contribution in [-0.4, -0.2) is 43.4 Å². The fraction of sp³-hybridized carbons (Fsp3) is 0.276. The number of halogens is 1. The predicted octanol–water partition coefficient (Wildman–Crippen LogP) is 4.96. The van der Waals surface area contributed by atoms with Crippen LogP contribution in [0.4, 0.5) is 10.1 Å². The first-order valence-electron chi connectivity index (χ1n) is 12.2. The first-order valence-corrected chi connectivity index (χ1v) is 13.1. The lowest BCUT2D eigenvalue weighted by Crippen LogP contribution is -2.12. The summed E-state index contributed by atoms with van der Waals surface area (Å²) in [6.45, 7) is 3.72. The second-order valence-electron chi connectivity index (χ2n) is 8.99. The molecule has 0 saturated carbocycles. The number of hydrogen-bond acceptors (Lipinski definition) is 7. The Labute approximate surface area is 225 Å². The van der Waals surface area contributed by atoms with Crippen molar-refractivity contribution in [1.82, 2.24) is 0 Å². The van der Waals surface area contributed by atoms with Crippen molar-refractivity contribution in [2.45, 2.75) is 31.1 Å². The van der Waals surface area contributed by atoms with Gasteiger partial charge in [0, 0.05) is 31.0 Å². The third-order valence-electron chi connectivity index (χ3n) is 6.45. The number of thioether (sulfide) groups is 1. The topological polar surface area (TPSA) is 94.2 Å². The Balaban J connectivity index is 0.000000235. The Kier molecular flexibility index (Phi) is 9.02. The van der Waals surface area contributed by atoms with Crippen molar-refractivity contribution in [3.8, 4) is 11.5 Å². The summed E-state index contributed by atoms with van der Waals surface area (Å²) in [5, 5.41) is 1.68. The summed E-state index contributed by atoms with van der Waals surface area (Å²) in [6.07, 6.45) is 2.74. The molecule has 0 radical (unpaired) electrons. The number of carbonyl (C=O) groups excluding carboxylic acids is 2. The first kappa shape index (κ1) is 27.2. The van der Waals surface area contributed by atoms with E-state index >= 15 is 0 Å². The lowest BCUT2D eigenvalue weighted by molar-refractivity contribution is -0.106. The summed E-state index contributed by atoms with van der Waals surface area (Å²) in [5.74, 6) is 1.22. The summed E-state index contributed by atoms with van der Waals surface area (Å²) >= 11 is 1.90.